The first-order chi connectivity index (χ1) is 9.04. The molecule has 106 valence electrons. The minimum atomic E-state index is -0.0574. The van der Waals surface area contributed by atoms with Crippen LogP contribution in [-0.4, -0.2) is 33.7 Å². The van der Waals surface area contributed by atoms with Gasteiger partial charge in [0.2, 0.25) is 5.91 Å². The van der Waals surface area contributed by atoms with Gasteiger partial charge in [-0.1, -0.05) is 0 Å². The van der Waals surface area contributed by atoms with E-state index in [0.29, 0.717) is 24.4 Å². The summed E-state index contributed by atoms with van der Waals surface area (Å²) in [5.74, 6) is 1.36. The van der Waals surface area contributed by atoms with Gasteiger partial charge in [0.25, 0.3) is 0 Å². The number of amides is 1. The van der Waals surface area contributed by atoms with Crippen LogP contribution in [0.1, 0.15) is 17.5 Å². The molecule has 0 saturated carbocycles. The predicted molar refractivity (Wildman–Crippen MR) is 76.2 cm³/mol. The van der Waals surface area contributed by atoms with E-state index in [9.17, 15) is 4.79 Å². The van der Waals surface area contributed by atoms with Gasteiger partial charge in [0, 0.05) is 19.0 Å². The molecule has 0 fully saturated rings. The van der Waals surface area contributed by atoms with Crippen molar-refractivity contribution in [2.24, 2.45) is 0 Å². The average Bonchev–Trinajstić information content (AvgIpc) is 2.40. The first-order valence-electron chi connectivity index (χ1n) is 6.21. The van der Waals surface area contributed by atoms with Gasteiger partial charge in [0.1, 0.15) is 11.5 Å². The van der Waals surface area contributed by atoms with Crippen LogP contribution >= 0.6 is 0 Å². The fourth-order valence-corrected chi connectivity index (χ4v) is 1.88. The maximum Gasteiger partial charge on any atom is 0.225 e. The van der Waals surface area contributed by atoms with Gasteiger partial charge >= 0.3 is 0 Å². The Morgan fingerprint density at radius 2 is 1.89 bits per heavy atom. The van der Waals surface area contributed by atoms with Gasteiger partial charge in [-0.3, -0.25) is 4.79 Å². The number of carbonyl (C=O) groups excluding carboxylic acids is 1. The van der Waals surface area contributed by atoms with Crippen LogP contribution in [0.4, 0.5) is 5.69 Å². The van der Waals surface area contributed by atoms with E-state index in [1.165, 1.54) is 0 Å². The number of nitrogens with one attached hydrogen (secondary N) is 2. The standard InChI is InChI=1S/C14H22N2O3/c1-9-10(2)14(19-5)11(8-12(9)18-4)16-13(17)6-7-15-3/h8,15H,6-7H2,1-5H3,(H,16,17). The van der Waals surface area contributed by atoms with Crippen molar-refractivity contribution in [2.75, 3.05) is 33.1 Å². The average molecular weight is 266 g/mol. The summed E-state index contributed by atoms with van der Waals surface area (Å²) in [7, 11) is 5.02. The van der Waals surface area contributed by atoms with E-state index in [4.69, 9.17) is 9.47 Å². The van der Waals surface area contributed by atoms with Crippen LogP contribution in [-0.2, 0) is 4.79 Å². The van der Waals surface area contributed by atoms with Gasteiger partial charge in [0.05, 0.1) is 19.9 Å². The number of rotatable bonds is 6. The lowest BCUT2D eigenvalue weighted by Crippen LogP contribution is -2.19. The molecule has 0 saturated heterocycles. The largest absolute Gasteiger partial charge is 0.496 e. The van der Waals surface area contributed by atoms with Gasteiger partial charge in [-0.05, 0) is 32.0 Å². The Kier molecular flexibility index (Phi) is 5.63. The molecule has 0 unspecified atom stereocenters. The van der Waals surface area contributed by atoms with Crippen molar-refractivity contribution in [1.29, 1.82) is 0 Å². The highest BCUT2D eigenvalue weighted by Gasteiger charge is 2.15. The number of benzene rings is 1. The van der Waals surface area contributed by atoms with Gasteiger partial charge in [0.15, 0.2) is 0 Å². The monoisotopic (exact) mass is 266 g/mol. The molecule has 5 heteroatoms. The summed E-state index contributed by atoms with van der Waals surface area (Å²) in [6.45, 7) is 4.54. The minimum absolute atomic E-state index is 0.0574. The molecule has 1 aromatic carbocycles. The Balaban J connectivity index is 3.05. The second-order valence-electron chi connectivity index (χ2n) is 4.31. The Labute approximate surface area is 114 Å². The lowest BCUT2D eigenvalue weighted by molar-refractivity contribution is -0.116. The van der Waals surface area contributed by atoms with Crippen LogP contribution in [0.15, 0.2) is 6.07 Å². The van der Waals surface area contributed by atoms with Crippen LogP contribution in [0.2, 0.25) is 0 Å². The van der Waals surface area contributed by atoms with Crippen LogP contribution in [0, 0.1) is 13.8 Å². The van der Waals surface area contributed by atoms with E-state index in [0.717, 1.165) is 16.9 Å². The van der Waals surface area contributed by atoms with Crippen molar-refractivity contribution < 1.29 is 14.3 Å². The fraction of sp³-hybridized carbons (Fsp3) is 0.500. The molecule has 5 nitrogen and oxygen atoms in total. The minimum Gasteiger partial charge on any atom is -0.496 e. The van der Waals surface area contributed by atoms with Crippen molar-refractivity contribution in [3.8, 4) is 11.5 Å². The molecule has 1 amide bonds. The highest BCUT2D eigenvalue weighted by atomic mass is 16.5. The second kappa shape index (κ2) is 6.99. The third-order valence-corrected chi connectivity index (χ3v) is 3.09. The second-order valence-corrected chi connectivity index (χ2v) is 4.31. The van der Waals surface area contributed by atoms with Crippen molar-refractivity contribution in [2.45, 2.75) is 20.3 Å². The van der Waals surface area contributed by atoms with E-state index in [1.54, 1.807) is 20.3 Å². The highest BCUT2D eigenvalue weighted by Crippen LogP contribution is 2.36. The Morgan fingerprint density at radius 3 is 2.42 bits per heavy atom. The fourth-order valence-electron chi connectivity index (χ4n) is 1.88. The quantitative estimate of drug-likeness (QED) is 0.825. The van der Waals surface area contributed by atoms with Crippen molar-refractivity contribution in [3.63, 3.8) is 0 Å². The number of hydrogen-bond acceptors (Lipinski definition) is 4. The molecule has 0 aliphatic rings. The summed E-state index contributed by atoms with van der Waals surface area (Å²) in [4.78, 5) is 11.8. The predicted octanol–water partition coefficient (Wildman–Crippen LogP) is 1.87. The molecule has 0 radical (unpaired) electrons. The summed E-state index contributed by atoms with van der Waals surface area (Å²) in [6.07, 6.45) is 0.412. The number of hydrogen-bond donors (Lipinski definition) is 2. The number of ether oxygens (including phenoxy) is 2. The maximum atomic E-state index is 11.8. The number of methoxy groups -OCH3 is 2. The molecule has 1 rings (SSSR count). The first-order valence-corrected chi connectivity index (χ1v) is 6.21. The first kappa shape index (κ1) is 15.3. The Hall–Kier alpha value is -1.75. The van der Waals surface area contributed by atoms with Crippen molar-refractivity contribution in [3.05, 3.63) is 17.2 Å². The number of carbonyl (C=O) groups is 1. The zero-order valence-corrected chi connectivity index (χ0v) is 12.2. The Morgan fingerprint density at radius 1 is 1.21 bits per heavy atom. The molecule has 0 heterocycles. The van der Waals surface area contributed by atoms with Crippen LogP contribution in [0.3, 0.4) is 0 Å². The maximum absolute atomic E-state index is 11.8. The summed E-state index contributed by atoms with van der Waals surface area (Å²) < 4.78 is 10.7. The lowest BCUT2D eigenvalue weighted by Gasteiger charge is -2.17. The van der Waals surface area contributed by atoms with Crippen LogP contribution in [0.5, 0.6) is 11.5 Å². The molecule has 0 spiro atoms. The molecule has 0 aromatic heterocycles. The smallest absolute Gasteiger partial charge is 0.225 e. The molecular formula is C14H22N2O3. The van der Waals surface area contributed by atoms with E-state index in [1.807, 2.05) is 20.9 Å². The third-order valence-electron chi connectivity index (χ3n) is 3.09. The summed E-state index contributed by atoms with van der Waals surface area (Å²) >= 11 is 0. The molecule has 0 aliphatic carbocycles. The highest BCUT2D eigenvalue weighted by molar-refractivity contribution is 5.93. The van der Waals surface area contributed by atoms with E-state index in [-0.39, 0.29) is 5.91 Å². The molecule has 1 aromatic rings. The van der Waals surface area contributed by atoms with Gasteiger partial charge in [-0.15, -0.1) is 0 Å². The summed E-state index contributed by atoms with van der Waals surface area (Å²) in [5, 5.41) is 5.79. The topological polar surface area (TPSA) is 59.6 Å². The van der Waals surface area contributed by atoms with E-state index in [2.05, 4.69) is 10.6 Å². The van der Waals surface area contributed by atoms with Gasteiger partial charge in [-0.2, -0.15) is 0 Å². The molecular weight excluding hydrogens is 244 g/mol. The molecule has 0 aliphatic heterocycles. The number of anilines is 1. The molecule has 2 N–H and O–H groups in total. The van der Waals surface area contributed by atoms with Crippen LogP contribution in [0.25, 0.3) is 0 Å². The zero-order valence-electron chi connectivity index (χ0n) is 12.2. The van der Waals surface area contributed by atoms with Crippen LogP contribution < -0.4 is 20.1 Å². The SMILES string of the molecule is CNCCC(=O)Nc1cc(OC)c(C)c(C)c1OC. The molecule has 0 atom stereocenters. The zero-order chi connectivity index (χ0) is 14.4. The van der Waals surface area contributed by atoms with E-state index < -0.39 is 0 Å². The van der Waals surface area contributed by atoms with Gasteiger partial charge < -0.3 is 20.1 Å². The van der Waals surface area contributed by atoms with Gasteiger partial charge in [-0.25, -0.2) is 0 Å². The third kappa shape index (κ3) is 3.61. The van der Waals surface area contributed by atoms with E-state index >= 15 is 0 Å². The lowest BCUT2D eigenvalue weighted by atomic mass is 10.1. The normalized spacial score (nSPS) is 10.2. The van der Waals surface area contributed by atoms with Crippen molar-refractivity contribution in [1.82, 2.24) is 5.32 Å². The molecule has 0 bridgehead atoms. The van der Waals surface area contributed by atoms with Crippen molar-refractivity contribution >= 4 is 11.6 Å². The molecule has 19 heavy (non-hydrogen) atoms. The summed E-state index contributed by atoms with van der Waals surface area (Å²) in [6, 6.07) is 1.79. The Bertz CT molecular complexity index is 458. The summed E-state index contributed by atoms with van der Waals surface area (Å²) in [5.41, 5.74) is 2.61.